The Morgan fingerprint density at radius 3 is 2.19 bits per heavy atom. The number of hydrogen-bond donors (Lipinski definition) is 2. The first-order valence-electron chi connectivity index (χ1n) is 9.81. The van der Waals surface area contributed by atoms with Gasteiger partial charge in [0.2, 0.25) is 5.75 Å². The number of nitrogens with one attached hydrogen (secondary N) is 1. The standard InChI is InChI=1S/C13H18O4.C8H18N2/c1-4-5-6-17-13-11(15-2)7-10(9-14)8-12(13)16-3;1-10-7-8(9)5-3-2-4-6-8/h7-9H,4-6H2,1-3H3;10H,2-7,9H2,1H3. The van der Waals surface area contributed by atoms with E-state index in [0.29, 0.717) is 29.4 Å². The third-order valence-corrected chi connectivity index (χ3v) is 4.74. The molecule has 6 nitrogen and oxygen atoms in total. The number of benzene rings is 1. The fraction of sp³-hybridized carbons (Fsp3) is 0.667. The summed E-state index contributed by atoms with van der Waals surface area (Å²) in [7, 11) is 5.05. The zero-order chi connectivity index (χ0) is 20.1. The molecule has 1 fully saturated rings. The van der Waals surface area contributed by atoms with Gasteiger partial charge in [0.05, 0.1) is 20.8 Å². The van der Waals surface area contributed by atoms with Crippen molar-refractivity contribution in [2.45, 2.75) is 57.4 Å². The summed E-state index contributed by atoms with van der Waals surface area (Å²) < 4.78 is 16.0. The Morgan fingerprint density at radius 1 is 1.15 bits per heavy atom. The van der Waals surface area contributed by atoms with Gasteiger partial charge in [-0.25, -0.2) is 0 Å². The molecule has 1 saturated carbocycles. The lowest BCUT2D eigenvalue weighted by Gasteiger charge is -2.33. The second-order valence-electron chi connectivity index (χ2n) is 7.03. The van der Waals surface area contributed by atoms with E-state index in [2.05, 4.69) is 12.2 Å². The molecule has 1 aliphatic carbocycles. The molecule has 3 N–H and O–H groups in total. The van der Waals surface area contributed by atoms with Crippen LogP contribution in [0.5, 0.6) is 17.2 Å². The largest absolute Gasteiger partial charge is 0.493 e. The smallest absolute Gasteiger partial charge is 0.203 e. The van der Waals surface area contributed by atoms with Crippen molar-refractivity contribution in [3.8, 4) is 17.2 Å². The van der Waals surface area contributed by atoms with E-state index in [1.54, 1.807) is 12.1 Å². The number of unbranched alkanes of at least 4 members (excludes halogenated alkanes) is 1. The molecule has 1 aromatic carbocycles. The van der Waals surface area contributed by atoms with E-state index in [-0.39, 0.29) is 5.54 Å². The monoisotopic (exact) mass is 380 g/mol. The molecular formula is C21H36N2O4. The Morgan fingerprint density at radius 2 is 1.74 bits per heavy atom. The Hall–Kier alpha value is -1.79. The van der Waals surface area contributed by atoms with E-state index in [1.807, 2.05) is 7.05 Å². The van der Waals surface area contributed by atoms with Gasteiger partial charge in [0.25, 0.3) is 0 Å². The lowest BCUT2D eigenvalue weighted by molar-refractivity contribution is 0.112. The molecule has 1 aliphatic rings. The second-order valence-corrected chi connectivity index (χ2v) is 7.03. The van der Waals surface area contributed by atoms with Crippen LogP contribution in [0.1, 0.15) is 62.2 Å². The maximum absolute atomic E-state index is 10.8. The molecule has 0 heterocycles. The van der Waals surface area contributed by atoms with E-state index in [0.717, 1.165) is 25.7 Å². The van der Waals surface area contributed by atoms with Crippen LogP contribution >= 0.6 is 0 Å². The number of rotatable bonds is 9. The summed E-state index contributed by atoms with van der Waals surface area (Å²) in [6.07, 6.45) is 9.18. The molecule has 0 aromatic heterocycles. The maximum atomic E-state index is 10.8. The van der Waals surface area contributed by atoms with E-state index in [9.17, 15) is 4.79 Å². The zero-order valence-electron chi connectivity index (χ0n) is 17.3. The number of ether oxygens (including phenoxy) is 3. The molecular weight excluding hydrogens is 344 g/mol. The predicted octanol–water partition coefficient (Wildman–Crippen LogP) is 3.56. The number of methoxy groups -OCH3 is 2. The van der Waals surface area contributed by atoms with Crippen LogP contribution in [0.15, 0.2) is 12.1 Å². The summed E-state index contributed by atoms with van der Waals surface area (Å²) in [6, 6.07) is 3.27. The summed E-state index contributed by atoms with van der Waals surface area (Å²) in [5, 5.41) is 3.15. The zero-order valence-corrected chi connectivity index (χ0v) is 17.3. The van der Waals surface area contributed by atoms with Crippen molar-refractivity contribution in [1.82, 2.24) is 5.32 Å². The highest BCUT2D eigenvalue weighted by atomic mass is 16.5. The maximum Gasteiger partial charge on any atom is 0.203 e. The second kappa shape index (κ2) is 12.6. The number of nitrogens with two attached hydrogens (primary N) is 1. The van der Waals surface area contributed by atoms with Crippen LogP contribution in [0.2, 0.25) is 0 Å². The molecule has 27 heavy (non-hydrogen) atoms. The Bertz CT molecular complexity index is 527. The van der Waals surface area contributed by atoms with Gasteiger partial charge in [-0.3, -0.25) is 4.79 Å². The minimum absolute atomic E-state index is 0.118. The van der Waals surface area contributed by atoms with Crippen molar-refractivity contribution in [3.63, 3.8) is 0 Å². The van der Waals surface area contributed by atoms with Gasteiger partial charge in [0.15, 0.2) is 11.5 Å². The van der Waals surface area contributed by atoms with Crippen molar-refractivity contribution in [1.29, 1.82) is 0 Å². The van der Waals surface area contributed by atoms with Gasteiger partial charge in [-0.15, -0.1) is 0 Å². The summed E-state index contributed by atoms with van der Waals surface area (Å²) >= 11 is 0. The molecule has 0 aliphatic heterocycles. The van der Waals surface area contributed by atoms with Crippen LogP contribution in [0.4, 0.5) is 0 Å². The first-order valence-corrected chi connectivity index (χ1v) is 9.81. The highest BCUT2D eigenvalue weighted by molar-refractivity contribution is 5.78. The molecule has 0 atom stereocenters. The number of carbonyl (C=O) groups excluding carboxylic acids is 1. The van der Waals surface area contributed by atoms with E-state index in [1.165, 1.54) is 46.3 Å². The number of aldehydes is 1. The molecule has 0 saturated heterocycles. The van der Waals surface area contributed by atoms with Crippen molar-refractivity contribution in [2.24, 2.45) is 5.73 Å². The van der Waals surface area contributed by atoms with Gasteiger partial charge in [0, 0.05) is 17.6 Å². The third kappa shape index (κ3) is 7.77. The molecule has 1 aromatic rings. The van der Waals surface area contributed by atoms with Crippen LogP contribution in [0.3, 0.4) is 0 Å². The quantitative estimate of drug-likeness (QED) is 0.503. The lowest BCUT2D eigenvalue weighted by Crippen LogP contribution is -2.49. The predicted molar refractivity (Wildman–Crippen MR) is 109 cm³/mol. The molecule has 2 rings (SSSR count). The van der Waals surface area contributed by atoms with Gasteiger partial charge in [-0.05, 0) is 38.4 Å². The topological polar surface area (TPSA) is 82.8 Å². The van der Waals surface area contributed by atoms with Crippen molar-refractivity contribution >= 4 is 6.29 Å². The summed E-state index contributed by atoms with van der Waals surface area (Å²) in [4.78, 5) is 10.8. The molecule has 0 radical (unpaired) electrons. The summed E-state index contributed by atoms with van der Waals surface area (Å²) in [6.45, 7) is 3.67. The summed E-state index contributed by atoms with van der Waals surface area (Å²) in [5.41, 5.74) is 6.73. The summed E-state index contributed by atoms with van der Waals surface area (Å²) in [5.74, 6) is 1.58. The average Bonchev–Trinajstić information content (AvgIpc) is 2.69. The number of likely N-dealkylation sites (N-methyl/N-ethyl adjacent to an activating group) is 1. The fourth-order valence-electron chi connectivity index (χ4n) is 3.21. The normalized spacial score (nSPS) is 15.3. The average molecular weight is 381 g/mol. The first-order chi connectivity index (χ1) is 13.0. The van der Waals surface area contributed by atoms with Gasteiger partial charge >= 0.3 is 0 Å². The van der Waals surface area contributed by atoms with Crippen LogP contribution < -0.4 is 25.3 Å². The van der Waals surface area contributed by atoms with Crippen molar-refractivity contribution in [2.75, 3.05) is 34.4 Å². The third-order valence-electron chi connectivity index (χ3n) is 4.74. The Labute approximate surface area is 163 Å². The van der Waals surface area contributed by atoms with Gasteiger partial charge in [-0.2, -0.15) is 0 Å². The lowest BCUT2D eigenvalue weighted by atomic mass is 9.83. The molecule has 0 bridgehead atoms. The van der Waals surface area contributed by atoms with Gasteiger partial charge in [-0.1, -0.05) is 32.6 Å². The van der Waals surface area contributed by atoms with Crippen molar-refractivity contribution < 1.29 is 19.0 Å². The fourth-order valence-corrected chi connectivity index (χ4v) is 3.21. The Balaban J connectivity index is 0.000000309. The van der Waals surface area contributed by atoms with Gasteiger partial charge in [0.1, 0.15) is 6.29 Å². The molecule has 6 heteroatoms. The Kier molecular flexibility index (Phi) is 10.8. The molecule has 0 spiro atoms. The van der Waals surface area contributed by atoms with Crippen LogP contribution in [0, 0.1) is 0 Å². The SMILES string of the molecule is CCCCOc1c(OC)cc(C=O)cc1OC.CNCC1(N)CCCCC1. The van der Waals surface area contributed by atoms with Crippen molar-refractivity contribution in [3.05, 3.63) is 17.7 Å². The molecule has 154 valence electrons. The molecule has 0 unspecified atom stereocenters. The highest BCUT2D eigenvalue weighted by Crippen LogP contribution is 2.38. The minimum atomic E-state index is 0.118. The van der Waals surface area contributed by atoms with Crippen LogP contribution in [-0.2, 0) is 0 Å². The van der Waals surface area contributed by atoms with Crippen LogP contribution in [0.25, 0.3) is 0 Å². The highest BCUT2D eigenvalue weighted by Gasteiger charge is 2.25. The minimum Gasteiger partial charge on any atom is -0.493 e. The van der Waals surface area contributed by atoms with Gasteiger partial charge < -0.3 is 25.3 Å². The number of hydrogen-bond acceptors (Lipinski definition) is 6. The van der Waals surface area contributed by atoms with E-state index in [4.69, 9.17) is 19.9 Å². The van der Waals surface area contributed by atoms with E-state index < -0.39 is 0 Å². The van der Waals surface area contributed by atoms with E-state index >= 15 is 0 Å². The number of carbonyl (C=O) groups is 1. The van der Waals surface area contributed by atoms with Crippen LogP contribution in [-0.4, -0.2) is 46.2 Å². The first kappa shape index (κ1) is 23.2. The molecule has 0 amide bonds.